The number of hydrogen-bond acceptors (Lipinski definition) is 4. The fourth-order valence-corrected chi connectivity index (χ4v) is 3.15. The molecule has 1 aromatic carbocycles. The molecule has 0 unspecified atom stereocenters. The van der Waals surface area contributed by atoms with E-state index in [1.165, 1.54) is 11.8 Å². The number of amidine groups is 1. The van der Waals surface area contributed by atoms with Gasteiger partial charge >= 0.3 is 0 Å². The summed E-state index contributed by atoms with van der Waals surface area (Å²) in [6, 6.07) is 5.86. The summed E-state index contributed by atoms with van der Waals surface area (Å²) in [7, 11) is 0. The second-order valence-electron chi connectivity index (χ2n) is 5.35. The summed E-state index contributed by atoms with van der Waals surface area (Å²) in [6.45, 7) is 6.68. The van der Waals surface area contributed by atoms with Gasteiger partial charge in [0, 0.05) is 18.7 Å². The van der Waals surface area contributed by atoms with Gasteiger partial charge < -0.3 is 10.6 Å². The molecule has 2 rings (SSSR count). The minimum absolute atomic E-state index is 0.143. The van der Waals surface area contributed by atoms with Crippen LogP contribution in [0, 0.1) is 13.8 Å². The van der Waals surface area contributed by atoms with Gasteiger partial charge in [0.25, 0.3) is 0 Å². The lowest BCUT2D eigenvalue weighted by Gasteiger charge is -2.10. The molecule has 5 nitrogen and oxygen atoms in total. The number of rotatable bonds is 5. The lowest BCUT2D eigenvalue weighted by Crippen LogP contribution is -2.28. The van der Waals surface area contributed by atoms with Crippen molar-refractivity contribution >= 4 is 34.4 Å². The van der Waals surface area contributed by atoms with Crippen molar-refractivity contribution in [2.45, 2.75) is 38.9 Å². The van der Waals surface area contributed by atoms with E-state index in [0.717, 1.165) is 23.2 Å². The quantitative estimate of drug-likeness (QED) is 0.876. The van der Waals surface area contributed by atoms with Crippen LogP contribution in [0.3, 0.4) is 0 Å². The van der Waals surface area contributed by atoms with Crippen molar-refractivity contribution in [1.29, 1.82) is 0 Å². The molecule has 0 radical (unpaired) electrons. The highest BCUT2D eigenvalue weighted by molar-refractivity contribution is 8.15. The van der Waals surface area contributed by atoms with Crippen LogP contribution in [0.4, 0.5) is 5.69 Å². The summed E-state index contributed by atoms with van der Waals surface area (Å²) < 4.78 is 0. The third-order valence-corrected chi connectivity index (χ3v) is 4.40. The van der Waals surface area contributed by atoms with Crippen molar-refractivity contribution in [3.05, 3.63) is 29.3 Å². The Morgan fingerprint density at radius 2 is 2.18 bits per heavy atom. The van der Waals surface area contributed by atoms with E-state index in [1.54, 1.807) is 0 Å². The van der Waals surface area contributed by atoms with Crippen molar-refractivity contribution in [3.8, 4) is 0 Å². The van der Waals surface area contributed by atoms with Crippen LogP contribution in [0.25, 0.3) is 0 Å². The number of nitrogens with zero attached hydrogens (tertiary/aromatic N) is 1. The second kappa shape index (κ2) is 7.45. The molecule has 0 spiro atoms. The van der Waals surface area contributed by atoms with Crippen molar-refractivity contribution < 1.29 is 9.59 Å². The Kier molecular flexibility index (Phi) is 5.60. The number of amides is 2. The van der Waals surface area contributed by atoms with E-state index in [9.17, 15) is 9.59 Å². The summed E-state index contributed by atoms with van der Waals surface area (Å²) in [5.74, 6) is -0.299. The molecule has 1 aromatic rings. The lowest BCUT2D eigenvalue weighted by atomic mass is 10.1. The van der Waals surface area contributed by atoms with E-state index in [0.29, 0.717) is 11.7 Å². The van der Waals surface area contributed by atoms with E-state index < -0.39 is 5.25 Å². The molecule has 1 atom stereocenters. The third-order valence-electron chi connectivity index (χ3n) is 3.28. The zero-order valence-corrected chi connectivity index (χ0v) is 13.9. The Balaban J connectivity index is 1.93. The molecule has 1 saturated heterocycles. The van der Waals surface area contributed by atoms with Gasteiger partial charge in [-0.3, -0.25) is 14.6 Å². The molecule has 1 heterocycles. The summed E-state index contributed by atoms with van der Waals surface area (Å²) in [5.41, 5.74) is 2.96. The van der Waals surface area contributed by atoms with Gasteiger partial charge in [0.15, 0.2) is 5.17 Å². The normalized spacial score (nSPS) is 19.3. The summed E-state index contributed by atoms with van der Waals surface area (Å²) in [5, 5.41) is 5.81. The van der Waals surface area contributed by atoms with Gasteiger partial charge in [-0.05, 0) is 31.9 Å². The van der Waals surface area contributed by atoms with E-state index >= 15 is 0 Å². The molecule has 1 aliphatic rings. The van der Waals surface area contributed by atoms with Gasteiger partial charge in [-0.1, -0.05) is 36.4 Å². The molecule has 0 aliphatic carbocycles. The van der Waals surface area contributed by atoms with Crippen molar-refractivity contribution in [3.63, 3.8) is 0 Å². The average Bonchev–Trinajstić information content (AvgIpc) is 2.80. The first-order chi connectivity index (χ1) is 10.5. The molecular formula is C16H21N3O2S. The Morgan fingerprint density at radius 1 is 1.41 bits per heavy atom. The monoisotopic (exact) mass is 319 g/mol. The summed E-state index contributed by atoms with van der Waals surface area (Å²) in [6.07, 6.45) is 1.08. The number of aryl methyl sites for hydroxylation is 2. The predicted molar refractivity (Wildman–Crippen MR) is 91.3 cm³/mol. The number of nitrogens with one attached hydrogen (secondary N) is 2. The maximum Gasteiger partial charge on any atom is 0.240 e. The van der Waals surface area contributed by atoms with Gasteiger partial charge in [-0.2, -0.15) is 0 Å². The number of aliphatic imine (C=N–C) groups is 1. The largest absolute Gasteiger partial charge is 0.326 e. The molecule has 2 amide bonds. The van der Waals surface area contributed by atoms with Crippen molar-refractivity contribution in [2.24, 2.45) is 4.99 Å². The molecule has 0 bridgehead atoms. The van der Waals surface area contributed by atoms with Crippen LogP contribution in [-0.4, -0.2) is 28.8 Å². The Morgan fingerprint density at radius 3 is 2.86 bits per heavy atom. The topological polar surface area (TPSA) is 70.6 Å². The second-order valence-corrected chi connectivity index (χ2v) is 6.54. The Bertz CT molecular complexity index is 613. The zero-order valence-electron chi connectivity index (χ0n) is 13.1. The fraction of sp³-hybridized carbons (Fsp3) is 0.438. The predicted octanol–water partition coefficient (Wildman–Crippen LogP) is 2.63. The minimum Gasteiger partial charge on any atom is -0.326 e. The zero-order chi connectivity index (χ0) is 16.1. The Labute approximate surface area is 135 Å². The first-order valence-corrected chi connectivity index (χ1v) is 8.26. The SMILES string of the molecule is CCCN=C1NC(=O)[C@@H](CC(=O)Nc2ccc(C)cc2C)S1. The number of benzene rings is 1. The van der Waals surface area contributed by atoms with E-state index in [-0.39, 0.29) is 18.2 Å². The summed E-state index contributed by atoms with van der Waals surface area (Å²) >= 11 is 1.33. The van der Waals surface area contributed by atoms with E-state index in [1.807, 2.05) is 39.0 Å². The van der Waals surface area contributed by atoms with Crippen molar-refractivity contribution in [1.82, 2.24) is 5.32 Å². The van der Waals surface area contributed by atoms with Crippen LogP contribution < -0.4 is 10.6 Å². The molecule has 1 fully saturated rings. The molecule has 0 saturated carbocycles. The number of carbonyl (C=O) groups excluding carboxylic acids is 2. The summed E-state index contributed by atoms with van der Waals surface area (Å²) in [4.78, 5) is 28.3. The average molecular weight is 319 g/mol. The fourth-order valence-electron chi connectivity index (χ4n) is 2.15. The number of carbonyl (C=O) groups is 2. The maximum atomic E-state index is 12.1. The number of thioether (sulfide) groups is 1. The van der Waals surface area contributed by atoms with Crippen LogP contribution >= 0.6 is 11.8 Å². The van der Waals surface area contributed by atoms with Crippen LogP contribution in [0.1, 0.15) is 30.9 Å². The molecule has 0 aromatic heterocycles. The van der Waals surface area contributed by atoms with Crippen LogP contribution in [-0.2, 0) is 9.59 Å². The minimum atomic E-state index is -0.402. The number of anilines is 1. The van der Waals surface area contributed by atoms with Crippen LogP contribution in [0.15, 0.2) is 23.2 Å². The van der Waals surface area contributed by atoms with E-state index in [4.69, 9.17) is 0 Å². The molecule has 118 valence electrons. The highest BCUT2D eigenvalue weighted by Crippen LogP contribution is 2.23. The van der Waals surface area contributed by atoms with Gasteiger partial charge in [-0.25, -0.2) is 0 Å². The highest BCUT2D eigenvalue weighted by atomic mass is 32.2. The van der Waals surface area contributed by atoms with Gasteiger partial charge in [0.2, 0.25) is 11.8 Å². The van der Waals surface area contributed by atoms with Gasteiger partial charge in [0.1, 0.15) is 5.25 Å². The molecule has 1 aliphatic heterocycles. The Hall–Kier alpha value is -1.82. The third kappa shape index (κ3) is 4.34. The van der Waals surface area contributed by atoms with E-state index in [2.05, 4.69) is 15.6 Å². The molecule has 2 N–H and O–H groups in total. The standard InChI is InChI=1S/C16H21N3O2S/c1-4-7-17-16-19-15(21)13(22-16)9-14(20)18-12-6-5-10(2)8-11(12)3/h5-6,8,13H,4,7,9H2,1-3H3,(H,18,20)(H,17,19,21)/t13-/m1/s1. The molecule has 6 heteroatoms. The first-order valence-electron chi connectivity index (χ1n) is 7.38. The van der Waals surface area contributed by atoms with Gasteiger partial charge in [-0.15, -0.1) is 0 Å². The van der Waals surface area contributed by atoms with Crippen molar-refractivity contribution in [2.75, 3.05) is 11.9 Å². The molecule has 22 heavy (non-hydrogen) atoms. The maximum absolute atomic E-state index is 12.1. The van der Waals surface area contributed by atoms with Gasteiger partial charge in [0.05, 0.1) is 0 Å². The highest BCUT2D eigenvalue weighted by Gasteiger charge is 2.31. The van der Waals surface area contributed by atoms with Crippen LogP contribution in [0.2, 0.25) is 0 Å². The smallest absolute Gasteiger partial charge is 0.240 e. The lowest BCUT2D eigenvalue weighted by molar-refractivity contribution is -0.122. The molecular weight excluding hydrogens is 298 g/mol. The van der Waals surface area contributed by atoms with Crippen LogP contribution in [0.5, 0.6) is 0 Å². The number of hydrogen-bond donors (Lipinski definition) is 2. The first kappa shape index (κ1) is 16.5.